The molecule has 1 N–H and O–H groups in total. The van der Waals surface area contributed by atoms with Crippen LogP contribution in [-0.2, 0) is 0 Å². The number of hydrogen-bond acceptors (Lipinski definition) is 3. The van der Waals surface area contributed by atoms with Crippen LogP contribution in [0.3, 0.4) is 0 Å². The van der Waals surface area contributed by atoms with Gasteiger partial charge in [-0.25, -0.2) is 4.98 Å². The van der Waals surface area contributed by atoms with Crippen LogP contribution < -0.4 is 5.32 Å². The first-order chi connectivity index (χ1) is 9.27. The van der Waals surface area contributed by atoms with Gasteiger partial charge in [-0.05, 0) is 24.3 Å². The fourth-order valence-electron chi connectivity index (χ4n) is 1.49. The van der Waals surface area contributed by atoms with Crippen molar-refractivity contribution in [3.8, 4) is 0 Å². The van der Waals surface area contributed by atoms with Gasteiger partial charge in [0.15, 0.2) is 0 Å². The van der Waals surface area contributed by atoms with Gasteiger partial charge in [-0.2, -0.15) is 0 Å². The molecule has 0 unspecified atom stereocenters. The molecule has 2 aromatic rings. The second kappa shape index (κ2) is 7.16. The summed E-state index contributed by atoms with van der Waals surface area (Å²) >= 11 is 7.55. The van der Waals surface area contributed by atoms with Crippen molar-refractivity contribution in [2.45, 2.75) is 5.03 Å². The van der Waals surface area contributed by atoms with Gasteiger partial charge in [0.2, 0.25) is 0 Å². The third-order valence-corrected chi connectivity index (χ3v) is 3.67. The van der Waals surface area contributed by atoms with Crippen LogP contribution in [0.25, 0.3) is 0 Å². The third-order valence-electron chi connectivity index (χ3n) is 2.39. The number of carbonyl (C=O) groups is 1. The van der Waals surface area contributed by atoms with E-state index in [9.17, 15) is 4.79 Å². The zero-order valence-corrected chi connectivity index (χ0v) is 11.7. The second-order valence-corrected chi connectivity index (χ2v) is 5.27. The van der Waals surface area contributed by atoms with E-state index in [4.69, 9.17) is 11.6 Å². The van der Waals surface area contributed by atoms with E-state index in [0.717, 1.165) is 10.8 Å². The zero-order chi connectivity index (χ0) is 13.5. The number of carbonyl (C=O) groups excluding carboxylic acids is 1. The number of pyridine rings is 1. The maximum atomic E-state index is 11.9. The highest BCUT2D eigenvalue weighted by Gasteiger charge is 2.08. The summed E-state index contributed by atoms with van der Waals surface area (Å²) in [5.41, 5.74) is 0.506. The average molecular weight is 293 g/mol. The van der Waals surface area contributed by atoms with Crippen LogP contribution >= 0.6 is 23.4 Å². The van der Waals surface area contributed by atoms with E-state index in [1.54, 1.807) is 42.2 Å². The Kier molecular flexibility index (Phi) is 5.24. The Hall–Kier alpha value is -1.52. The molecule has 2 rings (SSSR count). The van der Waals surface area contributed by atoms with Crippen LogP contribution in [-0.4, -0.2) is 23.2 Å². The molecule has 0 atom stereocenters. The fraction of sp³-hybridized carbons (Fsp3) is 0.143. The first-order valence-corrected chi connectivity index (χ1v) is 7.20. The molecule has 0 bridgehead atoms. The van der Waals surface area contributed by atoms with Crippen molar-refractivity contribution in [3.05, 3.63) is 59.2 Å². The molecular weight excluding hydrogens is 280 g/mol. The molecule has 0 spiro atoms. The lowest BCUT2D eigenvalue weighted by Gasteiger charge is -2.06. The van der Waals surface area contributed by atoms with E-state index < -0.39 is 0 Å². The monoisotopic (exact) mass is 292 g/mol. The Bertz CT molecular complexity index is 548. The van der Waals surface area contributed by atoms with Gasteiger partial charge >= 0.3 is 0 Å². The summed E-state index contributed by atoms with van der Waals surface area (Å²) in [5, 5.41) is 4.26. The average Bonchev–Trinajstić information content (AvgIpc) is 2.45. The Morgan fingerprint density at radius 1 is 1.21 bits per heavy atom. The number of thioether (sulfide) groups is 1. The van der Waals surface area contributed by atoms with Crippen LogP contribution in [0.4, 0.5) is 0 Å². The Morgan fingerprint density at radius 2 is 2.00 bits per heavy atom. The number of nitrogens with zero attached hydrogens (tertiary/aromatic N) is 1. The van der Waals surface area contributed by atoms with Gasteiger partial charge in [0.05, 0.1) is 15.6 Å². The van der Waals surface area contributed by atoms with Crippen LogP contribution in [0.2, 0.25) is 5.02 Å². The summed E-state index contributed by atoms with van der Waals surface area (Å²) in [6.45, 7) is 0.575. The van der Waals surface area contributed by atoms with Crippen molar-refractivity contribution in [2.75, 3.05) is 12.3 Å². The summed E-state index contributed by atoms with van der Waals surface area (Å²) in [6.07, 6.45) is 1.75. The Balaban J connectivity index is 1.77. The summed E-state index contributed by atoms with van der Waals surface area (Å²) in [7, 11) is 0. The quantitative estimate of drug-likeness (QED) is 0.679. The molecule has 0 aliphatic rings. The van der Waals surface area contributed by atoms with Gasteiger partial charge in [0.25, 0.3) is 5.91 Å². The van der Waals surface area contributed by atoms with Crippen molar-refractivity contribution in [2.24, 2.45) is 0 Å². The molecule has 0 saturated heterocycles. The summed E-state index contributed by atoms with van der Waals surface area (Å²) in [6, 6.07) is 12.8. The molecule has 1 heterocycles. The predicted octanol–water partition coefficient (Wildman–Crippen LogP) is 3.26. The summed E-state index contributed by atoms with van der Waals surface area (Å²) in [4.78, 5) is 16.1. The van der Waals surface area contributed by atoms with Crippen LogP contribution in [0.15, 0.2) is 53.7 Å². The molecule has 1 amide bonds. The lowest BCUT2D eigenvalue weighted by atomic mass is 10.2. The van der Waals surface area contributed by atoms with Gasteiger partial charge in [-0.1, -0.05) is 29.8 Å². The maximum absolute atomic E-state index is 11.9. The van der Waals surface area contributed by atoms with E-state index in [1.165, 1.54) is 0 Å². The number of aromatic nitrogens is 1. The number of benzene rings is 1. The maximum Gasteiger partial charge on any atom is 0.252 e. The molecule has 0 aliphatic heterocycles. The van der Waals surface area contributed by atoms with Crippen LogP contribution in [0.1, 0.15) is 10.4 Å². The minimum absolute atomic E-state index is 0.146. The van der Waals surface area contributed by atoms with Gasteiger partial charge in [0.1, 0.15) is 0 Å². The minimum Gasteiger partial charge on any atom is -0.351 e. The fourth-order valence-corrected chi connectivity index (χ4v) is 2.44. The molecule has 3 nitrogen and oxygen atoms in total. The highest BCUT2D eigenvalue weighted by Crippen LogP contribution is 2.15. The van der Waals surface area contributed by atoms with E-state index in [-0.39, 0.29) is 5.91 Å². The first-order valence-electron chi connectivity index (χ1n) is 5.84. The lowest BCUT2D eigenvalue weighted by molar-refractivity contribution is 0.0956. The largest absolute Gasteiger partial charge is 0.351 e. The standard InChI is InChI=1S/C14H13ClN2OS/c15-12-6-2-1-5-11(12)14(18)17-9-10-19-13-7-3-4-8-16-13/h1-8H,9-10H2,(H,17,18). The molecule has 5 heteroatoms. The lowest BCUT2D eigenvalue weighted by Crippen LogP contribution is -2.25. The van der Waals surface area contributed by atoms with Crippen molar-refractivity contribution in [1.82, 2.24) is 10.3 Å². The molecule has 1 aromatic heterocycles. The third kappa shape index (κ3) is 4.26. The number of nitrogens with one attached hydrogen (secondary N) is 1. The normalized spacial score (nSPS) is 10.2. The van der Waals surface area contributed by atoms with Crippen molar-refractivity contribution >= 4 is 29.3 Å². The van der Waals surface area contributed by atoms with Gasteiger partial charge in [0, 0.05) is 18.5 Å². The van der Waals surface area contributed by atoms with E-state index in [0.29, 0.717) is 17.1 Å². The van der Waals surface area contributed by atoms with Crippen molar-refractivity contribution in [1.29, 1.82) is 0 Å². The molecule has 0 fully saturated rings. The number of hydrogen-bond donors (Lipinski definition) is 1. The molecule has 1 aromatic carbocycles. The first kappa shape index (κ1) is 13.9. The molecular formula is C14H13ClN2OS. The van der Waals surface area contributed by atoms with Crippen LogP contribution in [0.5, 0.6) is 0 Å². The van der Waals surface area contributed by atoms with Gasteiger partial charge in [-0.3, -0.25) is 4.79 Å². The van der Waals surface area contributed by atoms with Crippen molar-refractivity contribution < 1.29 is 4.79 Å². The molecule has 19 heavy (non-hydrogen) atoms. The number of halogens is 1. The predicted molar refractivity (Wildman–Crippen MR) is 78.7 cm³/mol. The van der Waals surface area contributed by atoms with E-state index >= 15 is 0 Å². The highest BCUT2D eigenvalue weighted by atomic mass is 35.5. The van der Waals surface area contributed by atoms with Gasteiger partial charge in [-0.15, -0.1) is 11.8 Å². The smallest absolute Gasteiger partial charge is 0.252 e. The SMILES string of the molecule is O=C(NCCSc1ccccn1)c1ccccc1Cl. The van der Waals surface area contributed by atoms with E-state index in [2.05, 4.69) is 10.3 Å². The molecule has 0 saturated carbocycles. The highest BCUT2D eigenvalue weighted by molar-refractivity contribution is 7.99. The topological polar surface area (TPSA) is 42.0 Å². The molecule has 0 aliphatic carbocycles. The minimum atomic E-state index is -0.146. The zero-order valence-electron chi connectivity index (χ0n) is 10.2. The van der Waals surface area contributed by atoms with Crippen LogP contribution in [0, 0.1) is 0 Å². The summed E-state index contributed by atoms with van der Waals surface area (Å²) in [5.74, 6) is 0.625. The van der Waals surface area contributed by atoms with Crippen molar-refractivity contribution in [3.63, 3.8) is 0 Å². The van der Waals surface area contributed by atoms with Gasteiger partial charge < -0.3 is 5.32 Å². The second-order valence-electron chi connectivity index (χ2n) is 3.75. The molecule has 98 valence electrons. The number of rotatable bonds is 5. The Labute approximate surface area is 121 Å². The number of amides is 1. The Morgan fingerprint density at radius 3 is 2.74 bits per heavy atom. The van der Waals surface area contributed by atoms with E-state index in [1.807, 2.05) is 18.2 Å². The summed E-state index contributed by atoms with van der Waals surface area (Å²) < 4.78 is 0. The molecule has 0 radical (unpaired) electrons.